The monoisotopic (exact) mass is 420 g/mol. The Morgan fingerprint density at radius 3 is 2.55 bits per heavy atom. The molecule has 0 saturated heterocycles. The Balaban J connectivity index is 1.55. The molecular formula is C25H28N2O4. The van der Waals surface area contributed by atoms with Gasteiger partial charge >= 0.3 is 5.97 Å². The molecule has 0 unspecified atom stereocenters. The molecule has 1 N–H and O–H groups in total. The minimum Gasteiger partial charge on any atom is -0.496 e. The largest absolute Gasteiger partial charge is 0.496 e. The zero-order valence-electron chi connectivity index (χ0n) is 18.0. The van der Waals surface area contributed by atoms with Crippen molar-refractivity contribution in [3.63, 3.8) is 0 Å². The first-order chi connectivity index (χ1) is 15.1. The van der Waals surface area contributed by atoms with Gasteiger partial charge in [-0.1, -0.05) is 25.0 Å². The second-order valence-electron chi connectivity index (χ2n) is 8.10. The Kier molecular flexibility index (Phi) is 6.26. The van der Waals surface area contributed by atoms with Crippen molar-refractivity contribution in [3.8, 4) is 5.75 Å². The van der Waals surface area contributed by atoms with Crippen LogP contribution in [0.25, 0.3) is 10.9 Å². The summed E-state index contributed by atoms with van der Waals surface area (Å²) >= 11 is 0. The molecule has 1 fully saturated rings. The normalized spacial score (nSPS) is 14.0. The Bertz CT molecular complexity index is 1100. The van der Waals surface area contributed by atoms with Crippen molar-refractivity contribution in [2.24, 2.45) is 5.92 Å². The fraction of sp³-hybridized carbons (Fsp3) is 0.360. The van der Waals surface area contributed by atoms with E-state index in [9.17, 15) is 9.59 Å². The van der Waals surface area contributed by atoms with E-state index in [4.69, 9.17) is 9.47 Å². The van der Waals surface area contributed by atoms with E-state index >= 15 is 0 Å². The van der Waals surface area contributed by atoms with Crippen molar-refractivity contribution in [2.45, 2.75) is 32.2 Å². The van der Waals surface area contributed by atoms with Crippen LogP contribution in [-0.2, 0) is 11.3 Å². The minimum absolute atomic E-state index is 0.0263. The number of nitrogens with one attached hydrogen (secondary N) is 1. The molecule has 4 rings (SSSR count). The summed E-state index contributed by atoms with van der Waals surface area (Å²) in [5, 5.41) is 4.16. The van der Waals surface area contributed by atoms with Gasteiger partial charge in [0.1, 0.15) is 5.75 Å². The van der Waals surface area contributed by atoms with Crippen LogP contribution in [0.4, 0.5) is 0 Å². The first-order valence-electron chi connectivity index (χ1n) is 10.7. The molecule has 6 heteroatoms. The number of aromatic nitrogens is 1. The third-order valence-corrected chi connectivity index (χ3v) is 6.11. The molecule has 1 aliphatic rings. The maximum atomic E-state index is 12.7. The number of benzene rings is 2. The fourth-order valence-electron chi connectivity index (χ4n) is 4.32. The van der Waals surface area contributed by atoms with Gasteiger partial charge in [-0.3, -0.25) is 4.79 Å². The Labute approximate surface area is 182 Å². The van der Waals surface area contributed by atoms with Gasteiger partial charge in [0.2, 0.25) is 0 Å². The smallest absolute Gasteiger partial charge is 0.337 e. The molecule has 0 bridgehead atoms. The van der Waals surface area contributed by atoms with Crippen LogP contribution in [0, 0.1) is 5.92 Å². The highest BCUT2D eigenvalue weighted by Gasteiger charge is 2.17. The SMILES string of the molecule is COC(=O)c1ccc(Cn2ccc3ccc(C(=O)NCC4CCCC4)cc32)c(OC)c1. The number of ether oxygens (including phenoxy) is 2. The predicted octanol–water partition coefficient (Wildman–Crippen LogP) is 4.40. The molecule has 2 aromatic carbocycles. The predicted molar refractivity (Wildman–Crippen MR) is 120 cm³/mol. The maximum Gasteiger partial charge on any atom is 0.337 e. The van der Waals surface area contributed by atoms with E-state index in [1.165, 1.54) is 32.8 Å². The first-order valence-corrected chi connectivity index (χ1v) is 10.7. The second-order valence-corrected chi connectivity index (χ2v) is 8.10. The molecule has 0 radical (unpaired) electrons. The third-order valence-electron chi connectivity index (χ3n) is 6.11. The summed E-state index contributed by atoms with van der Waals surface area (Å²) in [5.74, 6) is 0.804. The van der Waals surface area contributed by atoms with Gasteiger partial charge in [0.15, 0.2) is 0 Å². The van der Waals surface area contributed by atoms with E-state index < -0.39 is 5.97 Å². The summed E-state index contributed by atoms with van der Waals surface area (Å²) in [7, 11) is 2.94. The lowest BCUT2D eigenvalue weighted by atomic mass is 10.1. The zero-order valence-corrected chi connectivity index (χ0v) is 18.0. The number of fused-ring (bicyclic) bond motifs is 1. The fourth-order valence-corrected chi connectivity index (χ4v) is 4.32. The van der Waals surface area contributed by atoms with Crippen molar-refractivity contribution < 1.29 is 19.1 Å². The summed E-state index contributed by atoms with van der Waals surface area (Å²) in [5.41, 5.74) is 3.02. The molecule has 162 valence electrons. The number of rotatable bonds is 7. The lowest BCUT2D eigenvalue weighted by Crippen LogP contribution is -2.28. The second kappa shape index (κ2) is 9.25. The van der Waals surface area contributed by atoms with E-state index in [0.29, 0.717) is 29.3 Å². The van der Waals surface area contributed by atoms with Gasteiger partial charge < -0.3 is 19.4 Å². The van der Waals surface area contributed by atoms with Crippen LogP contribution in [0.5, 0.6) is 5.75 Å². The van der Waals surface area contributed by atoms with Crippen LogP contribution < -0.4 is 10.1 Å². The summed E-state index contributed by atoms with van der Waals surface area (Å²) in [6.07, 6.45) is 6.95. The molecule has 6 nitrogen and oxygen atoms in total. The van der Waals surface area contributed by atoms with Gasteiger partial charge in [0.25, 0.3) is 5.91 Å². The van der Waals surface area contributed by atoms with Gasteiger partial charge in [-0.25, -0.2) is 4.79 Å². The Hall–Kier alpha value is -3.28. The van der Waals surface area contributed by atoms with E-state index in [0.717, 1.165) is 23.0 Å². The molecular weight excluding hydrogens is 392 g/mol. The standard InChI is InChI=1S/C25H28N2O4/c1-30-23-14-20(25(29)31-2)9-10-21(23)16-27-12-11-18-7-8-19(13-22(18)27)24(28)26-15-17-5-3-4-6-17/h7-14,17H,3-6,15-16H2,1-2H3,(H,26,28). The van der Waals surface area contributed by atoms with Gasteiger partial charge in [0, 0.05) is 29.4 Å². The van der Waals surface area contributed by atoms with Crippen LogP contribution in [0.15, 0.2) is 48.7 Å². The van der Waals surface area contributed by atoms with Gasteiger partial charge in [-0.15, -0.1) is 0 Å². The average Bonchev–Trinajstić information content (AvgIpc) is 3.47. The summed E-state index contributed by atoms with van der Waals surface area (Å²) in [6.45, 7) is 1.31. The molecule has 1 amide bonds. The molecule has 1 saturated carbocycles. The van der Waals surface area contributed by atoms with Crippen LogP contribution in [0.2, 0.25) is 0 Å². The highest BCUT2D eigenvalue weighted by Crippen LogP contribution is 2.26. The van der Waals surface area contributed by atoms with Gasteiger partial charge in [0.05, 0.1) is 26.3 Å². The number of hydrogen-bond donors (Lipinski definition) is 1. The van der Waals surface area contributed by atoms with E-state index in [2.05, 4.69) is 9.88 Å². The van der Waals surface area contributed by atoms with Crippen LogP contribution in [0.3, 0.4) is 0 Å². The number of hydrogen-bond acceptors (Lipinski definition) is 4. The van der Waals surface area contributed by atoms with Gasteiger partial charge in [-0.05, 0) is 54.5 Å². The molecule has 0 aliphatic heterocycles. The average molecular weight is 421 g/mol. The minimum atomic E-state index is -0.399. The maximum absolute atomic E-state index is 12.7. The molecule has 3 aromatic rings. The number of carbonyl (C=O) groups excluding carboxylic acids is 2. The lowest BCUT2D eigenvalue weighted by molar-refractivity contribution is 0.0600. The van der Waals surface area contributed by atoms with Crippen molar-refractivity contribution in [1.82, 2.24) is 9.88 Å². The number of amides is 1. The Morgan fingerprint density at radius 1 is 1.03 bits per heavy atom. The van der Waals surface area contributed by atoms with E-state index in [1.54, 1.807) is 19.2 Å². The molecule has 31 heavy (non-hydrogen) atoms. The van der Waals surface area contributed by atoms with Crippen LogP contribution in [0.1, 0.15) is 52.0 Å². The quantitative estimate of drug-likeness (QED) is 0.575. The Morgan fingerprint density at radius 2 is 1.81 bits per heavy atom. The summed E-state index contributed by atoms with van der Waals surface area (Å²) in [4.78, 5) is 24.5. The van der Waals surface area contributed by atoms with E-state index in [-0.39, 0.29) is 5.91 Å². The third kappa shape index (κ3) is 4.58. The zero-order chi connectivity index (χ0) is 21.8. The highest BCUT2D eigenvalue weighted by atomic mass is 16.5. The summed E-state index contributed by atoms with van der Waals surface area (Å²) in [6, 6.07) is 13.1. The van der Waals surface area contributed by atoms with Gasteiger partial charge in [-0.2, -0.15) is 0 Å². The van der Waals surface area contributed by atoms with Crippen LogP contribution in [-0.4, -0.2) is 37.2 Å². The molecule has 0 atom stereocenters. The molecule has 1 heterocycles. The summed E-state index contributed by atoms with van der Waals surface area (Å²) < 4.78 is 12.4. The van der Waals surface area contributed by atoms with Crippen LogP contribution >= 0.6 is 0 Å². The lowest BCUT2D eigenvalue weighted by Gasteiger charge is -2.13. The number of nitrogens with zero attached hydrogens (tertiary/aromatic N) is 1. The molecule has 1 aliphatic carbocycles. The van der Waals surface area contributed by atoms with Crippen molar-refractivity contribution in [1.29, 1.82) is 0 Å². The van der Waals surface area contributed by atoms with E-state index in [1.807, 2.05) is 36.5 Å². The number of methoxy groups -OCH3 is 2. The molecule has 0 spiro atoms. The number of esters is 1. The van der Waals surface area contributed by atoms with Crippen molar-refractivity contribution in [3.05, 3.63) is 65.4 Å². The number of carbonyl (C=O) groups is 2. The first kappa shape index (κ1) is 21.0. The highest BCUT2D eigenvalue weighted by molar-refractivity contribution is 5.98. The van der Waals surface area contributed by atoms with Crippen molar-refractivity contribution >= 4 is 22.8 Å². The molecule has 1 aromatic heterocycles. The van der Waals surface area contributed by atoms with Crippen molar-refractivity contribution in [2.75, 3.05) is 20.8 Å². The topological polar surface area (TPSA) is 69.6 Å².